The molecule has 1 atom stereocenters. The molecule has 0 heterocycles. The summed E-state index contributed by atoms with van der Waals surface area (Å²) in [6, 6.07) is 0. The van der Waals surface area contributed by atoms with Gasteiger partial charge in [0.2, 0.25) is 0 Å². The van der Waals surface area contributed by atoms with Crippen LogP contribution < -0.4 is 0 Å². The minimum atomic E-state index is 0.00125. The number of hydrogen-bond donors (Lipinski definition) is 0. The zero-order valence-corrected chi connectivity index (χ0v) is 27.4. The van der Waals surface area contributed by atoms with E-state index >= 15 is 0 Å². The van der Waals surface area contributed by atoms with Crippen molar-refractivity contribution < 1.29 is 19.1 Å². The van der Waals surface area contributed by atoms with Crippen molar-refractivity contribution in [3.8, 4) is 0 Å². The van der Waals surface area contributed by atoms with Gasteiger partial charge in [0.15, 0.2) is 0 Å². The highest BCUT2D eigenvalue weighted by Crippen LogP contribution is 2.21. The van der Waals surface area contributed by atoms with E-state index in [1.807, 2.05) is 0 Å². The fraction of sp³-hybridized carbons (Fsp3) is 0.944. The molecule has 0 aromatic rings. The van der Waals surface area contributed by atoms with Crippen molar-refractivity contribution in [2.75, 3.05) is 13.2 Å². The van der Waals surface area contributed by atoms with Gasteiger partial charge in [-0.15, -0.1) is 0 Å². The Balaban J connectivity index is 3.37. The summed E-state index contributed by atoms with van der Waals surface area (Å²) in [7, 11) is 0. The molecule has 0 fully saturated rings. The van der Waals surface area contributed by atoms with Crippen LogP contribution in [-0.2, 0) is 19.1 Å². The second-order valence-corrected chi connectivity index (χ2v) is 12.2. The fourth-order valence-electron chi connectivity index (χ4n) is 5.45. The van der Waals surface area contributed by atoms with Crippen molar-refractivity contribution in [2.45, 2.75) is 201 Å². The van der Waals surface area contributed by atoms with Crippen LogP contribution in [0.3, 0.4) is 0 Å². The quantitative estimate of drug-likeness (QED) is 0.0600. The molecule has 0 amide bonds. The molecule has 40 heavy (non-hydrogen) atoms. The Hall–Kier alpha value is -1.06. The summed E-state index contributed by atoms with van der Waals surface area (Å²) >= 11 is 0. The molecule has 0 radical (unpaired) electrons. The van der Waals surface area contributed by atoms with Gasteiger partial charge in [-0.05, 0) is 31.6 Å². The van der Waals surface area contributed by atoms with E-state index in [1.54, 1.807) is 0 Å². The van der Waals surface area contributed by atoms with Crippen LogP contribution in [0.15, 0.2) is 0 Å². The number of esters is 2. The summed E-state index contributed by atoms with van der Waals surface area (Å²) in [5.74, 6) is 0.687. The zero-order valence-electron chi connectivity index (χ0n) is 27.4. The van der Waals surface area contributed by atoms with E-state index in [0.29, 0.717) is 32.0 Å². The molecule has 238 valence electrons. The minimum absolute atomic E-state index is 0.00125. The van der Waals surface area contributed by atoms with Crippen LogP contribution in [0, 0.1) is 5.92 Å². The van der Waals surface area contributed by atoms with Crippen LogP contribution in [0.2, 0.25) is 0 Å². The number of ether oxygens (including phenoxy) is 2. The highest BCUT2D eigenvalue weighted by atomic mass is 16.5. The molecular formula is C36H70O4. The third-order valence-electron chi connectivity index (χ3n) is 8.35. The molecule has 0 aromatic carbocycles. The first kappa shape index (κ1) is 38.9. The molecule has 4 heteroatoms. The summed E-state index contributed by atoms with van der Waals surface area (Å²) in [5, 5.41) is 0. The van der Waals surface area contributed by atoms with Crippen LogP contribution in [-0.4, -0.2) is 25.2 Å². The van der Waals surface area contributed by atoms with E-state index in [4.69, 9.17) is 9.47 Å². The molecule has 0 aliphatic carbocycles. The van der Waals surface area contributed by atoms with Gasteiger partial charge in [0.25, 0.3) is 0 Å². The summed E-state index contributed by atoms with van der Waals surface area (Å²) in [6.07, 6.45) is 33.5. The average molecular weight is 567 g/mol. The lowest BCUT2D eigenvalue weighted by atomic mass is 9.93. The van der Waals surface area contributed by atoms with E-state index in [9.17, 15) is 9.59 Å². The zero-order chi connectivity index (χ0) is 29.4. The maximum absolute atomic E-state index is 12.0. The second kappa shape index (κ2) is 32.5. The molecule has 4 nitrogen and oxygen atoms in total. The Morgan fingerprint density at radius 3 is 1.25 bits per heavy atom. The predicted molar refractivity (Wildman–Crippen MR) is 172 cm³/mol. The van der Waals surface area contributed by atoms with E-state index in [0.717, 1.165) is 32.1 Å². The van der Waals surface area contributed by atoms with Crippen molar-refractivity contribution in [3.63, 3.8) is 0 Å². The number of rotatable bonds is 32. The second-order valence-electron chi connectivity index (χ2n) is 12.2. The Bertz CT molecular complexity index is 533. The highest BCUT2D eigenvalue weighted by molar-refractivity contribution is 5.69. The van der Waals surface area contributed by atoms with Crippen LogP contribution in [0.4, 0.5) is 0 Å². The van der Waals surface area contributed by atoms with Gasteiger partial charge in [-0.1, -0.05) is 162 Å². The first-order valence-electron chi connectivity index (χ1n) is 17.9. The van der Waals surface area contributed by atoms with Gasteiger partial charge in [-0.2, -0.15) is 0 Å². The maximum atomic E-state index is 12.0. The lowest BCUT2D eigenvalue weighted by molar-refractivity contribution is -0.145. The molecule has 0 aliphatic heterocycles. The Morgan fingerprint density at radius 2 is 0.800 bits per heavy atom. The van der Waals surface area contributed by atoms with Gasteiger partial charge in [0.1, 0.15) is 0 Å². The summed E-state index contributed by atoms with van der Waals surface area (Å²) < 4.78 is 10.8. The number of carbonyl (C=O) groups is 2. The number of unbranched alkanes of at least 4 members (excludes halogenated alkanes) is 20. The number of carbonyl (C=O) groups excluding carboxylic acids is 2. The third kappa shape index (κ3) is 29.9. The molecule has 0 N–H and O–H groups in total. The van der Waals surface area contributed by atoms with E-state index in [-0.39, 0.29) is 11.9 Å². The molecule has 0 bridgehead atoms. The lowest BCUT2D eigenvalue weighted by Crippen LogP contribution is -2.09. The standard InChI is InChI=1S/C36H70O4/c1-4-7-9-22-26-32-39-35(37)29-25-21-19-17-15-13-11-12-14-16-18-20-24-28-34(6-3)30-31-36(38)40-33-27-23-10-8-5-2/h34H,4-33H2,1-3H3. The SMILES string of the molecule is CCCCCCCOC(=O)CCCCCCCCCCCCCCCC(CC)CCC(=O)OCCCCCCC. The van der Waals surface area contributed by atoms with E-state index < -0.39 is 0 Å². The van der Waals surface area contributed by atoms with Gasteiger partial charge in [-0.25, -0.2) is 0 Å². The van der Waals surface area contributed by atoms with E-state index in [1.165, 1.54) is 135 Å². The van der Waals surface area contributed by atoms with Crippen LogP contribution in [0.1, 0.15) is 201 Å². The normalized spacial score (nSPS) is 12.0. The third-order valence-corrected chi connectivity index (χ3v) is 8.35. The predicted octanol–water partition coefficient (Wildman–Crippen LogP) is 11.7. The lowest BCUT2D eigenvalue weighted by Gasteiger charge is -2.14. The molecule has 0 aliphatic rings. The largest absolute Gasteiger partial charge is 0.466 e. The molecular weight excluding hydrogens is 496 g/mol. The smallest absolute Gasteiger partial charge is 0.305 e. The first-order valence-corrected chi connectivity index (χ1v) is 17.9. The Kier molecular flexibility index (Phi) is 31.6. The first-order chi connectivity index (χ1) is 19.6. The van der Waals surface area contributed by atoms with Gasteiger partial charge in [0.05, 0.1) is 13.2 Å². The van der Waals surface area contributed by atoms with Gasteiger partial charge in [-0.3, -0.25) is 9.59 Å². The van der Waals surface area contributed by atoms with Crippen molar-refractivity contribution in [2.24, 2.45) is 5.92 Å². The highest BCUT2D eigenvalue weighted by Gasteiger charge is 2.10. The molecule has 0 rings (SSSR count). The summed E-state index contributed by atoms with van der Waals surface area (Å²) in [4.78, 5) is 23.8. The monoisotopic (exact) mass is 567 g/mol. The Labute approximate surface area is 250 Å². The van der Waals surface area contributed by atoms with Gasteiger partial charge >= 0.3 is 11.9 Å². The van der Waals surface area contributed by atoms with Crippen LogP contribution in [0.5, 0.6) is 0 Å². The summed E-state index contributed by atoms with van der Waals surface area (Å²) in [5.41, 5.74) is 0. The van der Waals surface area contributed by atoms with Gasteiger partial charge < -0.3 is 9.47 Å². The topological polar surface area (TPSA) is 52.6 Å². The van der Waals surface area contributed by atoms with E-state index in [2.05, 4.69) is 20.8 Å². The van der Waals surface area contributed by atoms with Crippen molar-refractivity contribution >= 4 is 11.9 Å². The van der Waals surface area contributed by atoms with Crippen molar-refractivity contribution in [1.82, 2.24) is 0 Å². The average Bonchev–Trinajstić information content (AvgIpc) is 2.96. The molecule has 0 spiro atoms. The van der Waals surface area contributed by atoms with Crippen LogP contribution >= 0.6 is 0 Å². The van der Waals surface area contributed by atoms with Crippen molar-refractivity contribution in [3.05, 3.63) is 0 Å². The minimum Gasteiger partial charge on any atom is -0.466 e. The Morgan fingerprint density at radius 1 is 0.425 bits per heavy atom. The summed E-state index contributed by atoms with van der Waals surface area (Å²) in [6.45, 7) is 7.92. The molecule has 0 saturated heterocycles. The molecule has 0 aromatic heterocycles. The van der Waals surface area contributed by atoms with Gasteiger partial charge in [0, 0.05) is 12.8 Å². The van der Waals surface area contributed by atoms with Crippen LogP contribution in [0.25, 0.3) is 0 Å². The number of hydrogen-bond acceptors (Lipinski definition) is 4. The van der Waals surface area contributed by atoms with Crippen molar-refractivity contribution in [1.29, 1.82) is 0 Å². The fourth-order valence-corrected chi connectivity index (χ4v) is 5.45. The molecule has 1 unspecified atom stereocenters. The maximum Gasteiger partial charge on any atom is 0.305 e. The molecule has 0 saturated carbocycles.